The van der Waals surface area contributed by atoms with Gasteiger partial charge in [0.05, 0.1) is 12.2 Å². The van der Waals surface area contributed by atoms with Crippen molar-refractivity contribution in [2.75, 3.05) is 19.8 Å². The van der Waals surface area contributed by atoms with E-state index in [9.17, 15) is 4.79 Å². The fourth-order valence-electron chi connectivity index (χ4n) is 2.49. The van der Waals surface area contributed by atoms with Crippen LogP contribution in [-0.2, 0) is 11.2 Å². The average molecular weight is 336 g/mol. The van der Waals surface area contributed by atoms with Crippen LogP contribution in [0.2, 0.25) is 0 Å². The van der Waals surface area contributed by atoms with Crippen LogP contribution in [-0.4, -0.2) is 52.5 Å². The lowest BCUT2D eigenvalue weighted by Crippen LogP contribution is -2.55. The van der Waals surface area contributed by atoms with E-state index in [0.29, 0.717) is 18.9 Å². The van der Waals surface area contributed by atoms with Gasteiger partial charge in [0.2, 0.25) is 0 Å². The number of likely N-dealkylation sites (tertiary alicyclic amines) is 1. The van der Waals surface area contributed by atoms with Gasteiger partial charge in [0, 0.05) is 19.3 Å². The molecule has 134 valence electrons. The van der Waals surface area contributed by atoms with Crippen LogP contribution >= 0.6 is 0 Å². The van der Waals surface area contributed by atoms with E-state index in [4.69, 9.17) is 14.6 Å². The number of hydrogen-bond donors (Lipinski definition) is 1. The maximum absolute atomic E-state index is 12.1. The molecule has 0 spiro atoms. The summed E-state index contributed by atoms with van der Waals surface area (Å²) in [5.74, 6) is 0.715. The summed E-state index contributed by atoms with van der Waals surface area (Å²) in [5, 5.41) is 8.84. The van der Waals surface area contributed by atoms with Crippen molar-refractivity contribution in [3.05, 3.63) is 24.0 Å². The standard InChI is InChI=1S/C18H28N2O4/c1-18(2,3)24-17(22)20-8-7-15(20)13-23-16-10-14(11-19-12-16)6-4-5-9-21/h10-12,15,21H,4-9,13H2,1-3H3/t15-/m0/s1. The number of pyridine rings is 1. The zero-order valence-corrected chi connectivity index (χ0v) is 14.8. The predicted octanol–water partition coefficient (Wildman–Crippen LogP) is 2.78. The fourth-order valence-corrected chi connectivity index (χ4v) is 2.49. The first-order valence-corrected chi connectivity index (χ1v) is 8.56. The van der Waals surface area contributed by atoms with Gasteiger partial charge in [0.15, 0.2) is 0 Å². The highest BCUT2D eigenvalue weighted by Crippen LogP contribution is 2.22. The smallest absolute Gasteiger partial charge is 0.410 e. The van der Waals surface area contributed by atoms with Gasteiger partial charge < -0.3 is 19.5 Å². The normalized spacial score (nSPS) is 17.3. The highest BCUT2D eigenvalue weighted by molar-refractivity contribution is 5.69. The van der Waals surface area contributed by atoms with Crippen molar-refractivity contribution in [3.63, 3.8) is 0 Å². The molecule has 0 bridgehead atoms. The molecule has 1 aliphatic heterocycles. The van der Waals surface area contributed by atoms with Crippen molar-refractivity contribution in [2.24, 2.45) is 0 Å². The lowest BCUT2D eigenvalue weighted by Gasteiger charge is -2.40. The highest BCUT2D eigenvalue weighted by Gasteiger charge is 2.35. The molecule has 1 aromatic rings. The Hall–Kier alpha value is -1.82. The van der Waals surface area contributed by atoms with Gasteiger partial charge in [-0.3, -0.25) is 4.98 Å². The summed E-state index contributed by atoms with van der Waals surface area (Å²) >= 11 is 0. The van der Waals surface area contributed by atoms with E-state index in [2.05, 4.69) is 4.98 Å². The number of aryl methyl sites for hydroxylation is 1. The van der Waals surface area contributed by atoms with Crippen molar-refractivity contribution in [1.82, 2.24) is 9.88 Å². The molecule has 1 fully saturated rings. The summed E-state index contributed by atoms with van der Waals surface area (Å²) in [6.45, 7) is 6.97. The van der Waals surface area contributed by atoms with Crippen LogP contribution in [0, 0.1) is 0 Å². The Morgan fingerprint density at radius 3 is 2.79 bits per heavy atom. The zero-order valence-electron chi connectivity index (χ0n) is 14.8. The first kappa shape index (κ1) is 18.5. The van der Waals surface area contributed by atoms with E-state index in [1.807, 2.05) is 33.0 Å². The number of carbonyl (C=O) groups is 1. The van der Waals surface area contributed by atoms with Crippen molar-refractivity contribution >= 4 is 6.09 Å². The third-order valence-corrected chi connectivity index (χ3v) is 3.86. The average Bonchev–Trinajstić information content (AvgIpc) is 2.45. The lowest BCUT2D eigenvalue weighted by molar-refractivity contribution is -0.0141. The summed E-state index contributed by atoms with van der Waals surface area (Å²) in [6.07, 6.45) is 6.74. The van der Waals surface area contributed by atoms with Crippen molar-refractivity contribution in [3.8, 4) is 5.75 Å². The Morgan fingerprint density at radius 2 is 2.17 bits per heavy atom. The van der Waals surface area contributed by atoms with Crippen LogP contribution in [0.25, 0.3) is 0 Å². The number of unbranched alkanes of at least 4 members (excludes halogenated alkanes) is 1. The van der Waals surface area contributed by atoms with E-state index < -0.39 is 5.60 Å². The van der Waals surface area contributed by atoms with Crippen molar-refractivity contribution < 1.29 is 19.4 Å². The Balaban J connectivity index is 1.81. The number of aromatic nitrogens is 1. The Bertz CT molecular complexity index is 542. The van der Waals surface area contributed by atoms with Gasteiger partial charge in [-0.05, 0) is 58.1 Å². The van der Waals surface area contributed by atoms with Crippen LogP contribution in [0.5, 0.6) is 5.75 Å². The van der Waals surface area contributed by atoms with Gasteiger partial charge in [0.1, 0.15) is 18.0 Å². The molecule has 0 unspecified atom stereocenters. The van der Waals surface area contributed by atoms with Gasteiger partial charge in [-0.15, -0.1) is 0 Å². The Morgan fingerprint density at radius 1 is 1.38 bits per heavy atom. The number of carbonyl (C=O) groups excluding carboxylic acids is 1. The van der Waals surface area contributed by atoms with Crippen LogP contribution in [0.1, 0.15) is 45.6 Å². The molecule has 6 heteroatoms. The Labute approximate surface area is 143 Å². The predicted molar refractivity (Wildman–Crippen MR) is 91.1 cm³/mol. The third kappa shape index (κ3) is 5.67. The maximum Gasteiger partial charge on any atom is 0.410 e. The third-order valence-electron chi connectivity index (χ3n) is 3.86. The molecule has 1 aromatic heterocycles. The molecular weight excluding hydrogens is 308 g/mol. The van der Waals surface area contributed by atoms with Gasteiger partial charge in [-0.1, -0.05) is 0 Å². The maximum atomic E-state index is 12.1. The fraction of sp³-hybridized carbons (Fsp3) is 0.667. The number of rotatable bonds is 7. The summed E-state index contributed by atoms with van der Waals surface area (Å²) in [5.41, 5.74) is 0.615. The number of hydrogen-bond acceptors (Lipinski definition) is 5. The van der Waals surface area contributed by atoms with Gasteiger partial charge in [-0.2, -0.15) is 0 Å². The number of ether oxygens (including phenoxy) is 2. The van der Waals surface area contributed by atoms with E-state index in [0.717, 1.165) is 31.2 Å². The van der Waals surface area contributed by atoms with Crippen molar-refractivity contribution in [1.29, 1.82) is 0 Å². The first-order valence-electron chi connectivity index (χ1n) is 8.56. The molecule has 2 heterocycles. The molecule has 6 nitrogen and oxygen atoms in total. The minimum atomic E-state index is -0.481. The molecule has 1 saturated heterocycles. The molecule has 24 heavy (non-hydrogen) atoms. The minimum Gasteiger partial charge on any atom is -0.490 e. The summed E-state index contributed by atoms with van der Waals surface area (Å²) in [7, 11) is 0. The summed E-state index contributed by atoms with van der Waals surface area (Å²) < 4.78 is 11.2. The molecule has 1 aliphatic rings. The van der Waals surface area contributed by atoms with E-state index >= 15 is 0 Å². The molecule has 0 aromatic carbocycles. The van der Waals surface area contributed by atoms with Crippen LogP contribution in [0.15, 0.2) is 18.5 Å². The topological polar surface area (TPSA) is 71.9 Å². The second kappa shape index (κ2) is 8.33. The highest BCUT2D eigenvalue weighted by atomic mass is 16.6. The minimum absolute atomic E-state index is 0.0536. The number of nitrogens with zero attached hydrogens (tertiary/aromatic N) is 2. The van der Waals surface area contributed by atoms with Gasteiger partial charge >= 0.3 is 6.09 Å². The second-order valence-corrected chi connectivity index (χ2v) is 7.14. The van der Waals surface area contributed by atoms with Gasteiger partial charge in [-0.25, -0.2) is 4.79 Å². The zero-order chi connectivity index (χ0) is 17.6. The van der Waals surface area contributed by atoms with Crippen LogP contribution in [0.4, 0.5) is 4.79 Å². The molecule has 1 amide bonds. The summed E-state index contributed by atoms with van der Waals surface area (Å²) in [6, 6.07) is 2.03. The van der Waals surface area contributed by atoms with Crippen molar-refractivity contribution in [2.45, 2.75) is 58.1 Å². The summed E-state index contributed by atoms with van der Waals surface area (Å²) in [4.78, 5) is 18.0. The second-order valence-electron chi connectivity index (χ2n) is 7.14. The molecule has 1 N–H and O–H groups in total. The molecular formula is C18H28N2O4. The van der Waals surface area contributed by atoms with Gasteiger partial charge in [0.25, 0.3) is 0 Å². The SMILES string of the molecule is CC(C)(C)OC(=O)N1CC[C@H]1COc1cncc(CCCCO)c1. The number of aliphatic hydroxyl groups excluding tert-OH is 1. The van der Waals surface area contributed by atoms with E-state index in [1.54, 1.807) is 11.1 Å². The molecule has 0 aliphatic carbocycles. The van der Waals surface area contributed by atoms with E-state index in [-0.39, 0.29) is 18.7 Å². The lowest BCUT2D eigenvalue weighted by atomic mass is 10.1. The molecule has 0 radical (unpaired) electrons. The largest absolute Gasteiger partial charge is 0.490 e. The first-order chi connectivity index (χ1) is 11.4. The number of amides is 1. The monoisotopic (exact) mass is 336 g/mol. The molecule has 2 rings (SSSR count). The quantitative estimate of drug-likeness (QED) is 0.775. The van der Waals surface area contributed by atoms with E-state index in [1.165, 1.54) is 0 Å². The number of aliphatic hydroxyl groups is 1. The van der Waals surface area contributed by atoms with Crippen LogP contribution in [0.3, 0.4) is 0 Å². The Kier molecular flexibility index (Phi) is 6.43. The molecule has 0 saturated carbocycles. The molecule has 1 atom stereocenters. The van der Waals surface area contributed by atoms with Crippen LogP contribution < -0.4 is 4.74 Å².